The number of nitrogens with one attached hydrogen (secondary N) is 1. The van der Waals surface area contributed by atoms with Gasteiger partial charge < -0.3 is 19.7 Å². The van der Waals surface area contributed by atoms with Crippen molar-refractivity contribution in [3.8, 4) is 5.75 Å². The molecule has 19 heavy (non-hydrogen) atoms. The summed E-state index contributed by atoms with van der Waals surface area (Å²) in [7, 11) is 1.42. The standard InChI is InChI=1S/C12H15N3O4/c1-19-9-10(13-5-14-11(9)16)15-6-2-3-8(15)7(4-6)12(17)18/h5-8H,2-4H2,1H3,(H,17,18)(H,13,14,16). The first-order valence-electron chi connectivity index (χ1n) is 6.26. The maximum absolute atomic E-state index is 11.7. The van der Waals surface area contributed by atoms with Crippen LogP contribution in [0.3, 0.4) is 0 Å². The van der Waals surface area contributed by atoms with Crippen molar-refractivity contribution in [2.45, 2.75) is 31.3 Å². The van der Waals surface area contributed by atoms with Gasteiger partial charge in [-0.2, -0.15) is 0 Å². The van der Waals surface area contributed by atoms with Crippen LogP contribution in [0, 0.1) is 5.92 Å². The molecule has 0 amide bonds. The summed E-state index contributed by atoms with van der Waals surface area (Å²) in [5.74, 6) is -0.543. The number of rotatable bonds is 3. The highest BCUT2D eigenvalue weighted by Crippen LogP contribution is 2.45. The molecule has 0 saturated carbocycles. The summed E-state index contributed by atoms with van der Waals surface area (Å²) in [6.07, 6.45) is 3.69. The van der Waals surface area contributed by atoms with Crippen LogP contribution in [0.5, 0.6) is 5.75 Å². The van der Waals surface area contributed by atoms with Crippen LogP contribution in [0.25, 0.3) is 0 Å². The molecule has 0 aromatic carbocycles. The number of carboxylic acids is 1. The fourth-order valence-electron chi connectivity index (χ4n) is 3.33. The number of H-pyrrole nitrogens is 1. The number of carbonyl (C=O) groups is 1. The number of aliphatic carboxylic acids is 1. The third kappa shape index (κ3) is 1.68. The normalized spacial score (nSPS) is 28.7. The van der Waals surface area contributed by atoms with Crippen molar-refractivity contribution in [1.82, 2.24) is 9.97 Å². The third-order valence-electron chi connectivity index (χ3n) is 4.09. The summed E-state index contributed by atoms with van der Waals surface area (Å²) in [6, 6.07) is 0.0417. The Hall–Kier alpha value is -2.05. The van der Waals surface area contributed by atoms with Crippen LogP contribution in [0.1, 0.15) is 19.3 Å². The van der Waals surface area contributed by atoms with Crippen LogP contribution in [0.15, 0.2) is 11.1 Å². The highest BCUT2D eigenvalue weighted by atomic mass is 16.5. The fourth-order valence-corrected chi connectivity index (χ4v) is 3.33. The van der Waals surface area contributed by atoms with Crippen molar-refractivity contribution < 1.29 is 14.6 Å². The van der Waals surface area contributed by atoms with E-state index in [-0.39, 0.29) is 29.3 Å². The van der Waals surface area contributed by atoms with Crippen LogP contribution < -0.4 is 15.2 Å². The molecular weight excluding hydrogens is 250 g/mol. The molecule has 102 valence electrons. The summed E-state index contributed by atoms with van der Waals surface area (Å²) in [6.45, 7) is 0. The van der Waals surface area contributed by atoms with E-state index >= 15 is 0 Å². The van der Waals surface area contributed by atoms with E-state index < -0.39 is 5.97 Å². The van der Waals surface area contributed by atoms with Crippen LogP contribution in [-0.2, 0) is 4.79 Å². The molecule has 3 rings (SSSR count). The van der Waals surface area contributed by atoms with Crippen molar-refractivity contribution in [1.29, 1.82) is 0 Å². The van der Waals surface area contributed by atoms with Gasteiger partial charge in [-0.3, -0.25) is 9.59 Å². The van der Waals surface area contributed by atoms with E-state index in [0.29, 0.717) is 12.2 Å². The van der Waals surface area contributed by atoms with Crippen molar-refractivity contribution >= 4 is 11.8 Å². The molecule has 3 heterocycles. The van der Waals surface area contributed by atoms with E-state index in [2.05, 4.69) is 9.97 Å². The van der Waals surface area contributed by atoms with Gasteiger partial charge in [0.05, 0.1) is 19.4 Å². The largest absolute Gasteiger partial charge is 0.489 e. The number of carboxylic acid groups (broad SMARTS) is 1. The van der Waals surface area contributed by atoms with Gasteiger partial charge in [-0.25, -0.2) is 4.98 Å². The SMILES string of the molecule is COc1c(N2C3CCC2C(C(=O)O)C3)nc[nH]c1=O. The topological polar surface area (TPSA) is 95.5 Å². The predicted octanol–water partition coefficient (Wildman–Crippen LogP) is 0.220. The first kappa shape index (κ1) is 12.0. The summed E-state index contributed by atoms with van der Waals surface area (Å²) < 4.78 is 5.11. The van der Waals surface area contributed by atoms with E-state index in [1.54, 1.807) is 0 Å². The Labute approximate surface area is 109 Å². The molecule has 0 radical (unpaired) electrons. The second-order valence-corrected chi connectivity index (χ2v) is 4.97. The molecule has 1 aromatic rings. The summed E-state index contributed by atoms with van der Waals surface area (Å²) >= 11 is 0. The van der Waals surface area contributed by atoms with Crippen LogP contribution >= 0.6 is 0 Å². The molecule has 3 unspecified atom stereocenters. The lowest BCUT2D eigenvalue weighted by Crippen LogP contribution is -2.34. The van der Waals surface area contributed by atoms with Gasteiger partial charge in [-0.1, -0.05) is 0 Å². The van der Waals surface area contributed by atoms with Crippen LogP contribution in [-0.4, -0.2) is 40.2 Å². The Morgan fingerprint density at radius 3 is 3.00 bits per heavy atom. The Morgan fingerprint density at radius 2 is 2.37 bits per heavy atom. The lowest BCUT2D eigenvalue weighted by atomic mass is 9.89. The maximum Gasteiger partial charge on any atom is 0.308 e. The average molecular weight is 265 g/mol. The number of methoxy groups -OCH3 is 1. The number of anilines is 1. The first-order valence-corrected chi connectivity index (χ1v) is 6.26. The van der Waals surface area contributed by atoms with Gasteiger partial charge in [0.15, 0.2) is 5.82 Å². The molecule has 2 bridgehead atoms. The average Bonchev–Trinajstić information content (AvgIpc) is 2.95. The zero-order chi connectivity index (χ0) is 13.6. The van der Waals surface area contributed by atoms with E-state index in [9.17, 15) is 14.7 Å². The zero-order valence-corrected chi connectivity index (χ0v) is 10.5. The molecule has 2 aliphatic rings. The lowest BCUT2D eigenvalue weighted by molar-refractivity contribution is -0.142. The second-order valence-electron chi connectivity index (χ2n) is 4.97. The molecule has 0 spiro atoms. The van der Waals surface area contributed by atoms with Crippen molar-refractivity contribution in [2.24, 2.45) is 5.92 Å². The Bertz CT molecular complexity index is 570. The number of ether oxygens (including phenoxy) is 1. The third-order valence-corrected chi connectivity index (χ3v) is 4.09. The van der Waals surface area contributed by atoms with Gasteiger partial charge in [0, 0.05) is 12.1 Å². The van der Waals surface area contributed by atoms with Gasteiger partial charge in [0.1, 0.15) is 0 Å². The number of hydrogen-bond donors (Lipinski definition) is 2. The molecule has 2 saturated heterocycles. The monoisotopic (exact) mass is 265 g/mol. The molecule has 0 aliphatic carbocycles. The predicted molar refractivity (Wildman–Crippen MR) is 66.4 cm³/mol. The molecule has 7 nitrogen and oxygen atoms in total. The second kappa shape index (κ2) is 4.25. The van der Waals surface area contributed by atoms with E-state index in [1.807, 2.05) is 4.90 Å². The Balaban J connectivity index is 2.02. The highest BCUT2D eigenvalue weighted by Gasteiger charge is 2.50. The van der Waals surface area contributed by atoms with Crippen molar-refractivity contribution in [2.75, 3.05) is 12.0 Å². The Morgan fingerprint density at radius 1 is 1.58 bits per heavy atom. The van der Waals surface area contributed by atoms with Gasteiger partial charge in [0.2, 0.25) is 5.75 Å². The number of fused-ring (bicyclic) bond motifs is 2. The minimum Gasteiger partial charge on any atom is -0.489 e. The number of aromatic nitrogens is 2. The summed E-state index contributed by atoms with van der Waals surface area (Å²) in [4.78, 5) is 31.6. The van der Waals surface area contributed by atoms with Crippen LogP contribution in [0.2, 0.25) is 0 Å². The summed E-state index contributed by atoms with van der Waals surface area (Å²) in [5.41, 5.74) is -0.342. The number of nitrogens with zero attached hydrogens (tertiary/aromatic N) is 2. The molecule has 2 fully saturated rings. The molecule has 2 aliphatic heterocycles. The molecule has 2 N–H and O–H groups in total. The first-order chi connectivity index (χ1) is 9.13. The molecule has 1 aromatic heterocycles. The molecule has 7 heteroatoms. The van der Waals surface area contributed by atoms with Gasteiger partial charge >= 0.3 is 5.97 Å². The van der Waals surface area contributed by atoms with Crippen molar-refractivity contribution in [3.63, 3.8) is 0 Å². The zero-order valence-electron chi connectivity index (χ0n) is 10.5. The van der Waals surface area contributed by atoms with E-state index in [1.165, 1.54) is 13.4 Å². The lowest BCUT2D eigenvalue weighted by Gasteiger charge is -2.25. The maximum atomic E-state index is 11.7. The van der Waals surface area contributed by atoms with Gasteiger partial charge in [-0.05, 0) is 19.3 Å². The molecular formula is C12H15N3O4. The van der Waals surface area contributed by atoms with Crippen molar-refractivity contribution in [3.05, 3.63) is 16.7 Å². The minimum absolute atomic E-state index is 0.0919. The number of hydrogen-bond acceptors (Lipinski definition) is 5. The molecule has 3 atom stereocenters. The van der Waals surface area contributed by atoms with Gasteiger partial charge in [-0.15, -0.1) is 0 Å². The fraction of sp³-hybridized carbons (Fsp3) is 0.583. The minimum atomic E-state index is -0.777. The smallest absolute Gasteiger partial charge is 0.308 e. The van der Waals surface area contributed by atoms with Crippen LogP contribution in [0.4, 0.5) is 5.82 Å². The van der Waals surface area contributed by atoms with E-state index in [4.69, 9.17) is 4.74 Å². The Kier molecular flexibility index (Phi) is 2.69. The van der Waals surface area contributed by atoms with Gasteiger partial charge in [0.25, 0.3) is 5.56 Å². The summed E-state index contributed by atoms with van der Waals surface area (Å²) in [5, 5.41) is 9.23. The van der Waals surface area contributed by atoms with E-state index in [0.717, 1.165) is 12.8 Å². The number of aromatic amines is 1. The highest BCUT2D eigenvalue weighted by molar-refractivity contribution is 5.74. The quantitative estimate of drug-likeness (QED) is 0.811.